The molecule has 1 amide bonds. The fraction of sp³-hybridized carbons (Fsp3) is 0.480. The Morgan fingerprint density at radius 1 is 1.03 bits per heavy atom. The van der Waals surface area contributed by atoms with Crippen molar-refractivity contribution in [3.63, 3.8) is 0 Å². The largest absolute Gasteiger partial charge is 0.486 e. The summed E-state index contributed by atoms with van der Waals surface area (Å²) in [5, 5.41) is 3.22. The molecule has 178 valence electrons. The van der Waals surface area contributed by atoms with Gasteiger partial charge in [-0.2, -0.15) is 4.31 Å². The van der Waals surface area contributed by atoms with Crippen molar-refractivity contribution in [1.29, 1.82) is 0 Å². The SMILES string of the molecule is CC(C)C[C@H](NC(=O)C1CCN(S(=O)(=O)c2ccc3c(c2)OCCO3)CC1)c1ccccc1. The molecule has 2 aliphatic rings. The van der Waals surface area contributed by atoms with E-state index in [1.807, 2.05) is 30.3 Å². The quantitative estimate of drug-likeness (QED) is 0.663. The summed E-state index contributed by atoms with van der Waals surface area (Å²) >= 11 is 0. The molecular weight excluding hydrogens is 440 g/mol. The Hall–Kier alpha value is -2.58. The number of nitrogens with zero attached hydrogens (tertiary/aromatic N) is 1. The summed E-state index contributed by atoms with van der Waals surface area (Å²) in [6.45, 7) is 5.77. The molecule has 2 aromatic rings. The van der Waals surface area contributed by atoms with Gasteiger partial charge in [0.25, 0.3) is 0 Å². The molecule has 0 bridgehead atoms. The fourth-order valence-electron chi connectivity index (χ4n) is 4.42. The maximum absolute atomic E-state index is 13.2. The molecule has 0 aromatic heterocycles. The molecule has 0 unspecified atom stereocenters. The Morgan fingerprint density at radius 3 is 2.36 bits per heavy atom. The van der Waals surface area contributed by atoms with E-state index in [0.29, 0.717) is 56.6 Å². The normalized spacial score (nSPS) is 18.2. The van der Waals surface area contributed by atoms with Crippen LogP contribution in [0.2, 0.25) is 0 Å². The number of nitrogens with one attached hydrogen (secondary N) is 1. The molecule has 2 aromatic carbocycles. The first kappa shape index (κ1) is 23.6. The maximum atomic E-state index is 13.2. The van der Waals surface area contributed by atoms with Crippen molar-refractivity contribution in [2.75, 3.05) is 26.3 Å². The van der Waals surface area contributed by atoms with Crippen LogP contribution in [0.5, 0.6) is 11.5 Å². The van der Waals surface area contributed by atoms with Gasteiger partial charge in [0.15, 0.2) is 11.5 Å². The van der Waals surface area contributed by atoms with E-state index in [1.165, 1.54) is 10.4 Å². The number of carbonyl (C=O) groups excluding carboxylic acids is 1. The van der Waals surface area contributed by atoms with Gasteiger partial charge in [-0.1, -0.05) is 44.2 Å². The number of sulfonamides is 1. The maximum Gasteiger partial charge on any atom is 0.243 e. The third-order valence-corrected chi connectivity index (χ3v) is 8.10. The molecular formula is C25H32N2O5S. The summed E-state index contributed by atoms with van der Waals surface area (Å²) in [6.07, 6.45) is 1.85. The first-order chi connectivity index (χ1) is 15.8. The first-order valence-corrected chi connectivity index (χ1v) is 13.0. The Balaban J connectivity index is 1.39. The van der Waals surface area contributed by atoms with Crippen LogP contribution in [0.3, 0.4) is 0 Å². The lowest BCUT2D eigenvalue weighted by atomic mass is 9.93. The van der Waals surface area contributed by atoms with E-state index < -0.39 is 10.0 Å². The van der Waals surface area contributed by atoms with E-state index in [1.54, 1.807) is 12.1 Å². The van der Waals surface area contributed by atoms with E-state index >= 15 is 0 Å². The van der Waals surface area contributed by atoms with Crippen molar-refractivity contribution in [2.45, 2.75) is 44.0 Å². The molecule has 33 heavy (non-hydrogen) atoms. The molecule has 0 saturated carbocycles. The molecule has 1 N–H and O–H groups in total. The number of ether oxygens (including phenoxy) is 2. The van der Waals surface area contributed by atoms with Crippen LogP contribution in [-0.2, 0) is 14.8 Å². The lowest BCUT2D eigenvalue weighted by molar-refractivity contribution is -0.127. The van der Waals surface area contributed by atoms with Gasteiger partial charge < -0.3 is 14.8 Å². The van der Waals surface area contributed by atoms with Gasteiger partial charge in [0.2, 0.25) is 15.9 Å². The second kappa shape index (κ2) is 10.1. The van der Waals surface area contributed by atoms with Crippen molar-refractivity contribution in [2.24, 2.45) is 11.8 Å². The summed E-state index contributed by atoms with van der Waals surface area (Å²) in [5.41, 5.74) is 1.10. The summed E-state index contributed by atoms with van der Waals surface area (Å²) < 4.78 is 38.8. The van der Waals surface area contributed by atoms with E-state index in [9.17, 15) is 13.2 Å². The molecule has 0 radical (unpaired) electrons. The monoisotopic (exact) mass is 472 g/mol. The molecule has 7 nitrogen and oxygen atoms in total. The number of hydrogen-bond donors (Lipinski definition) is 1. The van der Waals surface area contributed by atoms with Gasteiger partial charge in [0, 0.05) is 25.1 Å². The molecule has 0 aliphatic carbocycles. The third-order valence-electron chi connectivity index (χ3n) is 6.20. The lowest BCUT2D eigenvalue weighted by Gasteiger charge is -2.32. The van der Waals surface area contributed by atoms with Gasteiger partial charge in [0.05, 0.1) is 10.9 Å². The van der Waals surface area contributed by atoms with Crippen molar-refractivity contribution in [1.82, 2.24) is 9.62 Å². The highest BCUT2D eigenvalue weighted by molar-refractivity contribution is 7.89. The van der Waals surface area contributed by atoms with Crippen LogP contribution < -0.4 is 14.8 Å². The number of hydrogen-bond acceptors (Lipinski definition) is 5. The van der Waals surface area contributed by atoms with Crippen LogP contribution in [0.1, 0.15) is 44.7 Å². The topological polar surface area (TPSA) is 84.9 Å². The van der Waals surface area contributed by atoms with Crippen molar-refractivity contribution in [3.8, 4) is 11.5 Å². The average Bonchev–Trinajstić information content (AvgIpc) is 2.83. The zero-order valence-corrected chi connectivity index (χ0v) is 20.0. The zero-order valence-electron chi connectivity index (χ0n) is 19.2. The van der Waals surface area contributed by atoms with Gasteiger partial charge in [-0.25, -0.2) is 8.42 Å². The Bertz CT molecular complexity index is 1060. The van der Waals surface area contributed by atoms with Crippen LogP contribution in [0.4, 0.5) is 0 Å². The smallest absolute Gasteiger partial charge is 0.243 e. The third kappa shape index (κ3) is 5.50. The van der Waals surface area contributed by atoms with Gasteiger partial charge >= 0.3 is 0 Å². The molecule has 0 spiro atoms. The minimum Gasteiger partial charge on any atom is -0.486 e. The van der Waals surface area contributed by atoms with Crippen molar-refractivity contribution < 1.29 is 22.7 Å². The molecule has 2 aliphatic heterocycles. The Kier molecular flexibility index (Phi) is 7.24. The summed E-state index contributed by atoms with van der Waals surface area (Å²) in [7, 11) is -3.66. The van der Waals surface area contributed by atoms with E-state index in [-0.39, 0.29) is 22.8 Å². The zero-order chi connectivity index (χ0) is 23.4. The van der Waals surface area contributed by atoms with E-state index in [4.69, 9.17) is 9.47 Å². The number of rotatable bonds is 7. The highest BCUT2D eigenvalue weighted by Gasteiger charge is 2.33. The Morgan fingerprint density at radius 2 is 1.70 bits per heavy atom. The highest BCUT2D eigenvalue weighted by atomic mass is 32.2. The number of carbonyl (C=O) groups is 1. The molecule has 4 rings (SSSR count). The van der Waals surface area contributed by atoms with Gasteiger partial charge in [-0.05, 0) is 42.9 Å². The predicted molar refractivity (Wildman–Crippen MR) is 126 cm³/mol. The van der Waals surface area contributed by atoms with Gasteiger partial charge in [-0.3, -0.25) is 4.79 Å². The molecule has 1 fully saturated rings. The van der Waals surface area contributed by atoms with Crippen LogP contribution >= 0.6 is 0 Å². The van der Waals surface area contributed by atoms with Gasteiger partial charge in [0.1, 0.15) is 13.2 Å². The van der Waals surface area contributed by atoms with E-state index in [2.05, 4.69) is 19.2 Å². The fourth-order valence-corrected chi connectivity index (χ4v) is 5.90. The molecule has 1 atom stereocenters. The van der Waals surface area contributed by atoms with Crippen LogP contribution in [0.25, 0.3) is 0 Å². The summed E-state index contributed by atoms with van der Waals surface area (Å²) in [4.78, 5) is 13.2. The predicted octanol–water partition coefficient (Wildman–Crippen LogP) is 3.76. The van der Waals surface area contributed by atoms with Gasteiger partial charge in [-0.15, -0.1) is 0 Å². The van der Waals surface area contributed by atoms with Crippen molar-refractivity contribution in [3.05, 3.63) is 54.1 Å². The second-order valence-electron chi connectivity index (χ2n) is 9.09. The minimum absolute atomic E-state index is 0.000815. The minimum atomic E-state index is -3.66. The molecule has 2 heterocycles. The number of amides is 1. The summed E-state index contributed by atoms with van der Waals surface area (Å²) in [5.74, 6) is 1.25. The van der Waals surface area contributed by atoms with Crippen molar-refractivity contribution >= 4 is 15.9 Å². The van der Waals surface area contributed by atoms with Crippen LogP contribution in [-0.4, -0.2) is 44.9 Å². The first-order valence-electron chi connectivity index (χ1n) is 11.6. The number of fused-ring (bicyclic) bond motifs is 1. The lowest BCUT2D eigenvalue weighted by Crippen LogP contribution is -2.43. The number of piperidine rings is 1. The molecule has 8 heteroatoms. The number of benzene rings is 2. The van der Waals surface area contributed by atoms with Crippen LogP contribution in [0, 0.1) is 11.8 Å². The summed E-state index contributed by atoms with van der Waals surface area (Å²) in [6, 6.07) is 14.7. The average molecular weight is 473 g/mol. The molecule has 1 saturated heterocycles. The van der Waals surface area contributed by atoms with E-state index in [0.717, 1.165) is 12.0 Å². The highest BCUT2D eigenvalue weighted by Crippen LogP contribution is 2.34. The second-order valence-corrected chi connectivity index (χ2v) is 11.0. The van der Waals surface area contributed by atoms with Crippen LogP contribution in [0.15, 0.2) is 53.4 Å². The standard InChI is InChI=1S/C25H32N2O5S/c1-18(2)16-22(19-6-4-3-5-7-19)26-25(28)20-10-12-27(13-11-20)33(29,30)21-8-9-23-24(17-21)32-15-14-31-23/h3-9,17-18,20,22H,10-16H2,1-2H3,(H,26,28)/t22-/m0/s1. The Labute approximate surface area is 196 Å².